The highest BCUT2D eigenvalue weighted by molar-refractivity contribution is 5.74. The van der Waals surface area contributed by atoms with Crippen LogP contribution in [0.15, 0.2) is 12.4 Å². The molecule has 0 radical (unpaired) electrons. The van der Waals surface area contributed by atoms with Gasteiger partial charge >= 0.3 is 6.03 Å². The zero-order chi connectivity index (χ0) is 18.0. The van der Waals surface area contributed by atoms with Crippen LogP contribution in [0.1, 0.15) is 25.7 Å². The van der Waals surface area contributed by atoms with E-state index >= 15 is 0 Å². The van der Waals surface area contributed by atoms with Gasteiger partial charge in [-0.25, -0.2) is 14.8 Å². The maximum absolute atomic E-state index is 12.1. The molecule has 3 aliphatic heterocycles. The number of hydrogen-bond acceptors (Lipinski definition) is 6. The third-order valence-corrected chi connectivity index (χ3v) is 5.69. The van der Waals surface area contributed by atoms with E-state index in [9.17, 15) is 4.79 Å². The maximum atomic E-state index is 12.1. The summed E-state index contributed by atoms with van der Waals surface area (Å²) in [6.45, 7) is 4.89. The number of likely N-dealkylation sites (tertiary alicyclic amines) is 1. The van der Waals surface area contributed by atoms with Gasteiger partial charge in [0.2, 0.25) is 5.88 Å². The molecule has 1 aromatic heterocycles. The van der Waals surface area contributed by atoms with Crippen molar-refractivity contribution in [2.45, 2.75) is 31.3 Å². The van der Waals surface area contributed by atoms with Gasteiger partial charge < -0.3 is 24.6 Å². The molecule has 142 valence electrons. The number of nitrogens with zero attached hydrogens (tertiary/aromatic N) is 4. The van der Waals surface area contributed by atoms with Crippen LogP contribution in [0.3, 0.4) is 0 Å². The average Bonchev–Trinajstić information content (AvgIpc) is 3.19. The summed E-state index contributed by atoms with van der Waals surface area (Å²) in [5.41, 5.74) is -0.0619. The average molecular weight is 361 g/mol. The van der Waals surface area contributed by atoms with Crippen LogP contribution < -0.4 is 15.0 Å². The fraction of sp³-hybridized carbons (Fsp3) is 0.722. The van der Waals surface area contributed by atoms with Gasteiger partial charge in [0.05, 0.1) is 26.8 Å². The molecule has 1 spiro atoms. The molecule has 1 aromatic rings. The second kappa shape index (κ2) is 7.26. The summed E-state index contributed by atoms with van der Waals surface area (Å²) in [6.07, 6.45) is 5.88. The van der Waals surface area contributed by atoms with Gasteiger partial charge in [-0.15, -0.1) is 0 Å². The molecule has 26 heavy (non-hydrogen) atoms. The van der Waals surface area contributed by atoms with Gasteiger partial charge in [0.15, 0.2) is 0 Å². The normalized spacial score (nSPS) is 24.4. The molecular formula is C18H27N5O3. The Hall–Kier alpha value is -2.09. The molecule has 2 amide bonds. The van der Waals surface area contributed by atoms with Crippen molar-refractivity contribution in [2.24, 2.45) is 5.92 Å². The quantitative estimate of drug-likeness (QED) is 0.870. The van der Waals surface area contributed by atoms with Gasteiger partial charge in [-0.3, -0.25) is 0 Å². The number of nitrogens with one attached hydrogen (secondary N) is 1. The molecule has 1 unspecified atom stereocenters. The zero-order valence-electron chi connectivity index (χ0n) is 15.3. The van der Waals surface area contributed by atoms with E-state index < -0.39 is 0 Å². The second-order valence-electron chi connectivity index (χ2n) is 7.55. The van der Waals surface area contributed by atoms with E-state index in [1.807, 2.05) is 11.0 Å². The molecule has 4 heterocycles. The molecule has 1 atom stereocenters. The predicted molar refractivity (Wildman–Crippen MR) is 96.4 cm³/mol. The van der Waals surface area contributed by atoms with Crippen LogP contribution in [0.2, 0.25) is 0 Å². The summed E-state index contributed by atoms with van der Waals surface area (Å²) in [5, 5.41) is 3.07. The first-order valence-electron chi connectivity index (χ1n) is 9.45. The largest absolute Gasteiger partial charge is 0.481 e. The van der Waals surface area contributed by atoms with Crippen molar-refractivity contribution < 1.29 is 14.3 Å². The minimum absolute atomic E-state index is 0.0619. The lowest BCUT2D eigenvalue weighted by Gasteiger charge is -2.53. The molecule has 8 nitrogen and oxygen atoms in total. The lowest BCUT2D eigenvalue weighted by Crippen LogP contribution is -2.65. The molecule has 0 aliphatic carbocycles. The van der Waals surface area contributed by atoms with Crippen molar-refractivity contribution in [1.29, 1.82) is 0 Å². The third kappa shape index (κ3) is 3.56. The number of anilines is 1. The first-order valence-corrected chi connectivity index (χ1v) is 9.45. The molecule has 0 aromatic carbocycles. The van der Waals surface area contributed by atoms with E-state index in [2.05, 4.69) is 20.2 Å². The molecule has 8 heteroatoms. The van der Waals surface area contributed by atoms with E-state index in [1.165, 1.54) is 6.33 Å². The van der Waals surface area contributed by atoms with E-state index in [1.54, 1.807) is 7.11 Å². The van der Waals surface area contributed by atoms with E-state index in [0.29, 0.717) is 24.9 Å². The van der Waals surface area contributed by atoms with Crippen molar-refractivity contribution in [3.05, 3.63) is 12.4 Å². The van der Waals surface area contributed by atoms with Gasteiger partial charge in [-0.1, -0.05) is 0 Å². The maximum Gasteiger partial charge on any atom is 0.317 e. The number of carbonyl (C=O) groups is 1. The highest BCUT2D eigenvalue weighted by atomic mass is 16.5. The van der Waals surface area contributed by atoms with Crippen molar-refractivity contribution in [3.63, 3.8) is 0 Å². The van der Waals surface area contributed by atoms with Crippen molar-refractivity contribution in [2.75, 3.05) is 51.3 Å². The van der Waals surface area contributed by atoms with E-state index in [4.69, 9.17) is 9.47 Å². The Kier molecular flexibility index (Phi) is 4.84. The van der Waals surface area contributed by atoms with E-state index in [0.717, 1.165) is 57.7 Å². The Labute approximate surface area is 153 Å². The lowest BCUT2D eigenvalue weighted by atomic mass is 9.83. The van der Waals surface area contributed by atoms with E-state index in [-0.39, 0.29) is 11.6 Å². The Bertz CT molecular complexity index is 633. The number of carbonyl (C=O) groups excluding carboxylic acids is 1. The molecule has 0 bridgehead atoms. The Morgan fingerprint density at radius 3 is 2.88 bits per heavy atom. The fourth-order valence-corrected chi connectivity index (χ4v) is 4.02. The number of ether oxygens (including phenoxy) is 2. The molecule has 3 fully saturated rings. The van der Waals surface area contributed by atoms with Gasteiger partial charge in [0.1, 0.15) is 17.7 Å². The second-order valence-corrected chi connectivity index (χ2v) is 7.55. The topological polar surface area (TPSA) is 79.8 Å². The summed E-state index contributed by atoms with van der Waals surface area (Å²) in [7, 11) is 1.61. The van der Waals surface area contributed by atoms with Gasteiger partial charge in [-0.05, 0) is 31.6 Å². The summed E-state index contributed by atoms with van der Waals surface area (Å²) < 4.78 is 11.4. The molecule has 1 N–H and O–H groups in total. The number of hydrogen-bond donors (Lipinski definition) is 1. The monoisotopic (exact) mass is 361 g/mol. The first-order chi connectivity index (χ1) is 12.7. The van der Waals surface area contributed by atoms with Crippen LogP contribution >= 0.6 is 0 Å². The number of rotatable bonds is 4. The van der Waals surface area contributed by atoms with Crippen LogP contribution in [0.25, 0.3) is 0 Å². The smallest absolute Gasteiger partial charge is 0.317 e. The Morgan fingerprint density at radius 1 is 1.38 bits per heavy atom. The number of amides is 2. The standard InChI is InChI=1S/C18H27N5O3/c1-25-16-8-15(20-13-21-16)23-11-18(12-23)5-4-14(10-26-18)9-19-17(24)22-6-2-3-7-22/h8,13-14H,2-7,9-12H2,1H3,(H,19,24). The van der Waals surface area contributed by atoms with Crippen LogP contribution in [-0.2, 0) is 4.74 Å². The van der Waals surface area contributed by atoms with Gasteiger partial charge in [0.25, 0.3) is 0 Å². The van der Waals surface area contributed by atoms with Crippen molar-refractivity contribution in [3.8, 4) is 5.88 Å². The SMILES string of the molecule is COc1cc(N2CC3(CCC(CNC(=O)N4CCCC4)CO3)C2)ncn1. The predicted octanol–water partition coefficient (Wildman–Crippen LogP) is 1.28. The minimum atomic E-state index is -0.0619. The highest BCUT2D eigenvalue weighted by Crippen LogP contribution is 2.38. The molecule has 3 saturated heterocycles. The minimum Gasteiger partial charge on any atom is -0.481 e. The molecule has 0 saturated carbocycles. The Morgan fingerprint density at radius 2 is 2.19 bits per heavy atom. The van der Waals surface area contributed by atoms with Crippen molar-refractivity contribution in [1.82, 2.24) is 20.2 Å². The highest BCUT2D eigenvalue weighted by Gasteiger charge is 2.47. The molecule has 3 aliphatic rings. The number of methoxy groups -OCH3 is 1. The summed E-state index contributed by atoms with van der Waals surface area (Å²) in [4.78, 5) is 24.5. The molecule has 4 rings (SSSR count). The van der Waals surface area contributed by atoms with Crippen LogP contribution in [0, 0.1) is 5.92 Å². The fourth-order valence-electron chi connectivity index (χ4n) is 4.02. The zero-order valence-corrected chi connectivity index (χ0v) is 15.3. The van der Waals surface area contributed by atoms with Gasteiger partial charge in [-0.2, -0.15) is 0 Å². The third-order valence-electron chi connectivity index (χ3n) is 5.69. The van der Waals surface area contributed by atoms with Crippen LogP contribution in [-0.4, -0.2) is 72.9 Å². The first kappa shape index (κ1) is 17.3. The van der Waals surface area contributed by atoms with Crippen molar-refractivity contribution >= 4 is 11.8 Å². The summed E-state index contributed by atoms with van der Waals surface area (Å²) in [6, 6.07) is 1.93. The molecular weight excluding hydrogens is 334 g/mol. The summed E-state index contributed by atoms with van der Waals surface area (Å²) in [5.74, 6) is 1.86. The van der Waals surface area contributed by atoms with Crippen LogP contribution in [0.4, 0.5) is 10.6 Å². The van der Waals surface area contributed by atoms with Crippen LogP contribution in [0.5, 0.6) is 5.88 Å². The number of urea groups is 1. The summed E-state index contributed by atoms with van der Waals surface area (Å²) >= 11 is 0. The number of aromatic nitrogens is 2. The van der Waals surface area contributed by atoms with Gasteiger partial charge in [0, 0.05) is 25.7 Å². The Balaban J connectivity index is 1.21. The lowest BCUT2D eigenvalue weighted by molar-refractivity contribution is -0.115.